The number of carbonyl (C=O) groups is 1. The van der Waals surface area contributed by atoms with E-state index in [-0.39, 0.29) is 18.3 Å². The molecule has 0 bridgehead atoms. The monoisotopic (exact) mass is 183 g/mol. The highest BCUT2D eigenvalue weighted by molar-refractivity contribution is 7.11. The average Bonchev–Trinajstić information content (AvgIpc) is 2.82. The van der Waals surface area contributed by atoms with Crippen LogP contribution in [0, 0.1) is 5.92 Å². The lowest BCUT2D eigenvalue weighted by Gasteiger charge is -1.89. The van der Waals surface area contributed by atoms with Gasteiger partial charge in [-0.1, -0.05) is 0 Å². The van der Waals surface area contributed by atoms with Gasteiger partial charge in [-0.3, -0.25) is 4.79 Å². The number of hydrogen-bond donors (Lipinski definition) is 1. The minimum atomic E-state index is -0.0750. The molecule has 1 aromatic heterocycles. The van der Waals surface area contributed by atoms with Crippen molar-refractivity contribution in [1.29, 1.82) is 0 Å². The Balaban J connectivity index is 2.16. The Morgan fingerprint density at radius 1 is 1.75 bits per heavy atom. The second kappa shape index (κ2) is 2.95. The van der Waals surface area contributed by atoms with E-state index < -0.39 is 0 Å². The van der Waals surface area contributed by atoms with Crippen LogP contribution in [0.2, 0.25) is 0 Å². The van der Waals surface area contributed by atoms with Crippen LogP contribution >= 0.6 is 11.3 Å². The average molecular weight is 183 g/mol. The molecule has 64 valence electrons. The zero-order valence-corrected chi connectivity index (χ0v) is 7.30. The van der Waals surface area contributed by atoms with Gasteiger partial charge in [0, 0.05) is 11.3 Å². The fraction of sp³-hybridized carbons (Fsp3) is 0.500. The van der Waals surface area contributed by atoms with E-state index in [1.807, 2.05) is 0 Å². The van der Waals surface area contributed by atoms with Crippen LogP contribution in [0.5, 0.6) is 0 Å². The highest BCUT2D eigenvalue weighted by Gasteiger charge is 2.32. The SMILES string of the molecule is O=C(c1nc(CO)cs1)C1CC1. The Labute approximate surface area is 74.1 Å². The van der Waals surface area contributed by atoms with E-state index in [4.69, 9.17) is 5.11 Å². The molecule has 0 unspecified atom stereocenters. The first-order valence-electron chi connectivity index (χ1n) is 3.90. The van der Waals surface area contributed by atoms with Crippen LogP contribution in [0.4, 0.5) is 0 Å². The summed E-state index contributed by atoms with van der Waals surface area (Å²) in [5.74, 6) is 0.377. The number of aromatic nitrogens is 1. The van der Waals surface area contributed by atoms with Gasteiger partial charge in [-0.2, -0.15) is 0 Å². The summed E-state index contributed by atoms with van der Waals surface area (Å²) in [5.41, 5.74) is 0.601. The zero-order chi connectivity index (χ0) is 8.55. The summed E-state index contributed by atoms with van der Waals surface area (Å²) in [7, 11) is 0. The molecule has 1 fully saturated rings. The van der Waals surface area contributed by atoms with Crippen molar-refractivity contribution in [3.05, 3.63) is 16.1 Å². The summed E-state index contributed by atoms with van der Waals surface area (Å²) in [6.07, 6.45) is 2.01. The number of thiazole rings is 1. The number of aliphatic hydroxyl groups is 1. The van der Waals surface area contributed by atoms with Crippen LogP contribution in [-0.4, -0.2) is 15.9 Å². The molecule has 0 aromatic carbocycles. The van der Waals surface area contributed by atoms with Crippen molar-refractivity contribution >= 4 is 17.1 Å². The van der Waals surface area contributed by atoms with Gasteiger partial charge in [0.1, 0.15) is 0 Å². The molecular formula is C8H9NO2S. The van der Waals surface area contributed by atoms with E-state index in [1.54, 1.807) is 5.38 Å². The molecule has 3 nitrogen and oxygen atoms in total. The van der Waals surface area contributed by atoms with Crippen molar-refractivity contribution in [3.63, 3.8) is 0 Å². The maximum absolute atomic E-state index is 11.4. The molecule has 2 rings (SSSR count). The lowest BCUT2D eigenvalue weighted by Crippen LogP contribution is -2.00. The Hall–Kier alpha value is -0.740. The molecule has 0 amide bonds. The van der Waals surface area contributed by atoms with E-state index in [9.17, 15) is 4.79 Å². The molecule has 1 N–H and O–H groups in total. The van der Waals surface area contributed by atoms with Gasteiger partial charge in [-0.15, -0.1) is 11.3 Å². The second-order valence-electron chi connectivity index (χ2n) is 2.94. The van der Waals surface area contributed by atoms with Crippen molar-refractivity contribution in [3.8, 4) is 0 Å². The van der Waals surface area contributed by atoms with Crippen LogP contribution < -0.4 is 0 Å². The predicted molar refractivity (Wildman–Crippen MR) is 45.1 cm³/mol. The Bertz CT molecular complexity index is 304. The summed E-state index contributed by atoms with van der Waals surface area (Å²) in [4.78, 5) is 15.4. The quantitative estimate of drug-likeness (QED) is 0.717. The molecule has 0 spiro atoms. The Morgan fingerprint density at radius 2 is 2.50 bits per heavy atom. The third-order valence-electron chi connectivity index (χ3n) is 1.87. The molecule has 0 saturated heterocycles. The Kier molecular flexibility index (Phi) is 1.94. The summed E-state index contributed by atoms with van der Waals surface area (Å²) in [5, 5.41) is 11.0. The topological polar surface area (TPSA) is 50.2 Å². The van der Waals surface area contributed by atoms with Gasteiger partial charge in [0.05, 0.1) is 12.3 Å². The highest BCUT2D eigenvalue weighted by Crippen LogP contribution is 2.33. The van der Waals surface area contributed by atoms with Crippen LogP contribution in [-0.2, 0) is 6.61 Å². The van der Waals surface area contributed by atoms with Gasteiger partial charge in [0.2, 0.25) is 0 Å². The van der Waals surface area contributed by atoms with Crippen LogP contribution in [0.25, 0.3) is 0 Å². The summed E-state index contributed by atoms with van der Waals surface area (Å²) < 4.78 is 0. The van der Waals surface area contributed by atoms with Gasteiger partial charge in [-0.05, 0) is 12.8 Å². The smallest absolute Gasteiger partial charge is 0.194 e. The lowest BCUT2D eigenvalue weighted by atomic mass is 10.3. The summed E-state index contributed by atoms with van der Waals surface area (Å²) >= 11 is 1.33. The molecule has 1 aromatic rings. The third kappa shape index (κ3) is 1.40. The Morgan fingerprint density at radius 3 is 3.00 bits per heavy atom. The molecule has 1 aliphatic rings. The molecule has 0 radical (unpaired) electrons. The lowest BCUT2D eigenvalue weighted by molar-refractivity contribution is 0.0967. The molecule has 12 heavy (non-hydrogen) atoms. The van der Waals surface area contributed by atoms with Gasteiger partial charge >= 0.3 is 0 Å². The van der Waals surface area contributed by atoms with Crippen molar-refractivity contribution in [2.24, 2.45) is 5.92 Å². The predicted octanol–water partition coefficient (Wildman–Crippen LogP) is 1.23. The van der Waals surface area contributed by atoms with Crippen molar-refractivity contribution < 1.29 is 9.90 Å². The number of Topliss-reactive ketones (excluding diaryl/α,β-unsaturated/α-hetero) is 1. The van der Waals surface area contributed by atoms with E-state index in [1.165, 1.54) is 11.3 Å². The van der Waals surface area contributed by atoms with Gasteiger partial charge < -0.3 is 5.11 Å². The number of rotatable bonds is 3. The van der Waals surface area contributed by atoms with Gasteiger partial charge in [0.15, 0.2) is 10.8 Å². The van der Waals surface area contributed by atoms with Crippen LogP contribution in [0.1, 0.15) is 28.3 Å². The standard InChI is InChI=1S/C8H9NO2S/c10-3-6-4-12-8(9-6)7(11)5-1-2-5/h4-5,10H,1-3H2. The van der Waals surface area contributed by atoms with E-state index in [2.05, 4.69) is 4.98 Å². The van der Waals surface area contributed by atoms with Gasteiger partial charge in [-0.25, -0.2) is 4.98 Å². The van der Waals surface area contributed by atoms with Crippen molar-refractivity contribution in [1.82, 2.24) is 4.98 Å². The first kappa shape index (κ1) is 7.89. The normalized spacial score (nSPS) is 16.4. The maximum Gasteiger partial charge on any atom is 0.194 e. The third-order valence-corrected chi connectivity index (χ3v) is 2.78. The van der Waals surface area contributed by atoms with E-state index in [0.29, 0.717) is 10.7 Å². The number of aliphatic hydroxyl groups excluding tert-OH is 1. The molecular weight excluding hydrogens is 174 g/mol. The minimum absolute atomic E-state index is 0.0750. The number of ketones is 1. The van der Waals surface area contributed by atoms with Crippen LogP contribution in [0.3, 0.4) is 0 Å². The number of nitrogens with zero attached hydrogens (tertiary/aromatic N) is 1. The fourth-order valence-electron chi connectivity index (χ4n) is 1.01. The van der Waals surface area contributed by atoms with Crippen LogP contribution in [0.15, 0.2) is 5.38 Å². The summed E-state index contributed by atoms with van der Waals surface area (Å²) in [6.45, 7) is -0.0750. The first-order valence-corrected chi connectivity index (χ1v) is 4.78. The number of hydrogen-bond acceptors (Lipinski definition) is 4. The molecule has 1 saturated carbocycles. The van der Waals surface area contributed by atoms with E-state index >= 15 is 0 Å². The fourth-order valence-corrected chi connectivity index (χ4v) is 1.84. The van der Waals surface area contributed by atoms with Gasteiger partial charge in [0.25, 0.3) is 0 Å². The maximum atomic E-state index is 11.4. The molecule has 1 heterocycles. The molecule has 0 aliphatic heterocycles. The first-order chi connectivity index (χ1) is 5.81. The summed E-state index contributed by atoms with van der Waals surface area (Å²) in [6, 6.07) is 0. The number of carbonyl (C=O) groups excluding carboxylic acids is 1. The molecule has 0 atom stereocenters. The molecule has 4 heteroatoms. The highest BCUT2D eigenvalue weighted by atomic mass is 32.1. The minimum Gasteiger partial charge on any atom is -0.390 e. The largest absolute Gasteiger partial charge is 0.390 e. The van der Waals surface area contributed by atoms with Crippen molar-refractivity contribution in [2.75, 3.05) is 0 Å². The second-order valence-corrected chi connectivity index (χ2v) is 3.80. The van der Waals surface area contributed by atoms with Crippen molar-refractivity contribution in [2.45, 2.75) is 19.4 Å². The zero-order valence-electron chi connectivity index (χ0n) is 6.49. The molecule has 1 aliphatic carbocycles. The van der Waals surface area contributed by atoms with E-state index in [0.717, 1.165) is 12.8 Å².